The van der Waals surface area contributed by atoms with Crippen LogP contribution in [-0.4, -0.2) is 29.3 Å². The number of nitrogens with one attached hydrogen (secondary N) is 2. The maximum Gasteiger partial charge on any atom is 0.325 e. The number of imide groups is 1. The lowest BCUT2D eigenvalue weighted by molar-refractivity contribution is -0.133. The summed E-state index contributed by atoms with van der Waals surface area (Å²) in [5.41, 5.74) is 1.67. The Morgan fingerprint density at radius 3 is 2.48 bits per heavy atom. The second-order valence-electron chi connectivity index (χ2n) is 6.75. The number of amides is 4. The molecule has 1 fully saturated rings. The molecule has 0 spiro atoms. The third-order valence-electron chi connectivity index (χ3n) is 4.88. The molecular weight excluding hydrogens is 349 g/mol. The van der Waals surface area contributed by atoms with E-state index in [-0.39, 0.29) is 0 Å². The summed E-state index contributed by atoms with van der Waals surface area (Å²) >= 11 is 0. The van der Waals surface area contributed by atoms with Gasteiger partial charge in [-0.1, -0.05) is 24.3 Å². The van der Waals surface area contributed by atoms with Crippen molar-refractivity contribution in [3.63, 3.8) is 0 Å². The quantitative estimate of drug-likeness (QED) is 0.814. The van der Waals surface area contributed by atoms with E-state index in [1.807, 2.05) is 26.0 Å². The lowest BCUT2D eigenvalue weighted by Gasteiger charge is -2.22. The van der Waals surface area contributed by atoms with Gasteiger partial charge in [-0.25, -0.2) is 9.18 Å². The molecule has 2 N–H and O–H groups in total. The fourth-order valence-electron chi connectivity index (χ4n) is 3.04. The summed E-state index contributed by atoms with van der Waals surface area (Å²) in [7, 11) is 0. The van der Waals surface area contributed by atoms with Crippen molar-refractivity contribution in [2.24, 2.45) is 0 Å². The highest BCUT2D eigenvalue weighted by Crippen LogP contribution is 2.29. The predicted octanol–water partition coefficient (Wildman–Crippen LogP) is 2.85. The van der Waals surface area contributed by atoms with E-state index >= 15 is 0 Å². The molecule has 1 aliphatic heterocycles. The smallest absolute Gasteiger partial charge is 0.324 e. The number of carbonyl (C=O) groups excluding carboxylic acids is 3. The number of halogens is 1. The molecule has 0 saturated carbocycles. The maximum absolute atomic E-state index is 13.2. The van der Waals surface area contributed by atoms with Gasteiger partial charge in [-0.2, -0.15) is 0 Å². The predicted molar refractivity (Wildman–Crippen MR) is 98.5 cm³/mol. The van der Waals surface area contributed by atoms with Crippen LogP contribution in [0.5, 0.6) is 0 Å². The van der Waals surface area contributed by atoms with Gasteiger partial charge in [0.25, 0.3) is 5.91 Å². The van der Waals surface area contributed by atoms with Crippen molar-refractivity contribution in [3.05, 3.63) is 65.0 Å². The molecule has 1 heterocycles. The van der Waals surface area contributed by atoms with E-state index in [2.05, 4.69) is 10.6 Å². The van der Waals surface area contributed by atoms with Crippen LogP contribution in [0, 0.1) is 19.7 Å². The van der Waals surface area contributed by atoms with Gasteiger partial charge in [0.15, 0.2) is 0 Å². The van der Waals surface area contributed by atoms with Crippen molar-refractivity contribution < 1.29 is 18.8 Å². The Morgan fingerprint density at radius 2 is 1.81 bits per heavy atom. The molecule has 1 aliphatic rings. The van der Waals surface area contributed by atoms with Crippen LogP contribution >= 0.6 is 0 Å². The Balaban J connectivity index is 1.76. The maximum atomic E-state index is 13.2. The van der Waals surface area contributed by atoms with Gasteiger partial charge in [-0.3, -0.25) is 14.5 Å². The van der Waals surface area contributed by atoms with Crippen molar-refractivity contribution in [2.75, 3.05) is 11.9 Å². The van der Waals surface area contributed by atoms with Gasteiger partial charge < -0.3 is 10.6 Å². The molecule has 2 aromatic carbocycles. The van der Waals surface area contributed by atoms with Crippen LogP contribution in [0.1, 0.15) is 23.6 Å². The third-order valence-corrected chi connectivity index (χ3v) is 4.88. The number of benzene rings is 2. The van der Waals surface area contributed by atoms with Gasteiger partial charge >= 0.3 is 6.03 Å². The van der Waals surface area contributed by atoms with Gasteiger partial charge in [0.1, 0.15) is 17.9 Å². The second-order valence-corrected chi connectivity index (χ2v) is 6.75. The first kappa shape index (κ1) is 18.6. The van der Waals surface area contributed by atoms with E-state index in [1.165, 1.54) is 31.2 Å². The van der Waals surface area contributed by atoms with E-state index < -0.39 is 35.7 Å². The standard InChI is InChI=1S/C20H20FN3O3/c1-12-5-4-6-16(13(12)2)22-17(25)11-24-18(26)20(3,23-19(24)27)14-7-9-15(21)10-8-14/h4-10H,11H2,1-3H3,(H,22,25)(H,23,27). The first-order chi connectivity index (χ1) is 12.7. The number of urea groups is 1. The molecule has 2 aromatic rings. The SMILES string of the molecule is Cc1cccc(NC(=O)CN2C(=O)NC(C)(c3ccc(F)cc3)C2=O)c1C. The number of hydrogen-bond donors (Lipinski definition) is 2. The van der Waals surface area contributed by atoms with Crippen LogP contribution in [0.3, 0.4) is 0 Å². The Labute approximate surface area is 156 Å². The minimum absolute atomic E-state index is 0.408. The van der Waals surface area contributed by atoms with Gasteiger partial charge in [0, 0.05) is 5.69 Å². The Hall–Kier alpha value is -3.22. The summed E-state index contributed by atoms with van der Waals surface area (Å²) in [6.45, 7) is 4.93. The molecule has 1 atom stereocenters. The minimum Gasteiger partial charge on any atom is -0.324 e. The van der Waals surface area contributed by atoms with Crippen LogP contribution in [0.2, 0.25) is 0 Å². The number of anilines is 1. The highest BCUT2D eigenvalue weighted by molar-refractivity contribution is 6.10. The molecule has 6 nitrogen and oxygen atoms in total. The van der Waals surface area contributed by atoms with Gasteiger partial charge in [0.2, 0.25) is 5.91 Å². The van der Waals surface area contributed by atoms with Gasteiger partial charge in [-0.15, -0.1) is 0 Å². The molecule has 140 valence electrons. The fourth-order valence-corrected chi connectivity index (χ4v) is 3.04. The number of rotatable bonds is 4. The van der Waals surface area contributed by atoms with Crippen LogP contribution < -0.4 is 10.6 Å². The third kappa shape index (κ3) is 3.40. The summed E-state index contributed by atoms with van der Waals surface area (Å²) in [5, 5.41) is 5.32. The average Bonchev–Trinajstić information content (AvgIpc) is 2.83. The first-order valence-electron chi connectivity index (χ1n) is 8.48. The average molecular weight is 369 g/mol. The Bertz CT molecular complexity index is 927. The summed E-state index contributed by atoms with van der Waals surface area (Å²) in [4.78, 5) is 38.3. The highest BCUT2D eigenvalue weighted by atomic mass is 19.1. The monoisotopic (exact) mass is 369 g/mol. The Morgan fingerprint density at radius 1 is 1.15 bits per heavy atom. The van der Waals surface area contributed by atoms with Crippen molar-refractivity contribution in [1.82, 2.24) is 10.2 Å². The first-order valence-corrected chi connectivity index (χ1v) is 8.48. The van der Waals surface area contributed by atoms with Gasteiger partial charge in [0.05, 0.1) is 0 Å². The van der Waals surface area contributed by atoms with Crippen molar-refractivity contribution in [1.29, 1.82) is 0 Å². The van der Waals surface area contributed by atoms with Crippen molar-refractivity contribution in [3.8, 4) is 0 Å². The van der Waals surface area contributed by atoms with Gasteiger partial charge in [-0.05, 0) is 55.7 Å². The molecule has 0 aromatic heterocycles. The zero-order chi connectivity index (χ0) is 19.8. The zero-order valence-corrected chi connectivity index (χ0v) is 15.3. The van der Waals surface area contributed by atoms with Crippen molar-refractivity contribution in [2.45, 2.75) is 26.3 Å². The summed E-state index contributed by atoms with van der Waals surface area (Å²) in [5.74, 6) is -1.48. The highest BCUT2D eigenvalue weighted by Gasteiger charge is 2.49. The number of aryl methyl sites for hydroxylation is 1. The molecular formula is C20H20FN3O3. The molecule has 1 unspecified atom stereocenters. The van der Waals surface area contributed by atoms with Crippen LogP contribution in [0.15, 0.2) is 42.5 Å². The van der Waals surface area contributed by atoms with Crippen molar-refractivity contribution >= 4 is 23.5 Å². The molecule has 0 radical (unpaired) electrons. The largest absolute Gasteiger partial charge is 0.325 e. The zero-order valence-electron chi connectivity index (χ0n) is 15.3. The van der Waals surface area contributed by atoms with E-state index in [0.717, 1.165) is 16.0 Å². The molecule has 0 aliphatic carbocycles. The van der Waals surface area contributed by atoms with Crippen LogP contribution in [-0.2, 0) is 15.1 Å². The van der Waals surface area contributed by atoms with E-state index in [4.69, 9.17) is 0 Å². The summed E-state index contributed by atoms with van der Waals surface area (Å²) < 4.78 is 13.2. The second kappa shape index (κ2) is 6.83. The molecule has 1 saturated heterocycles. The fraction of sp³-hybridized carbons (Fsp3) is 0.250. The molecule has 4 amide bonds. The molecule has 3 rings (SSSR count). The van der Waals surface area contributed by atoms with Crippen LogP contribution in [0.25, 0.3) is 0 Å². The lowest BCUT2D eigenvalue weighted by Crippen LogP contribution is -2.42. The Kier molecular flexibility index (Phi) is 4.70. The minimum atomic E-state index is -1.34. The molecule has 0 bridgehead atoms. The number of carbonyl (C=O) groups is 3. The number of hydrogen-bond acceptors (Lipinski definition) is 3. The van der Waals surface area contributed by atoms with Crippen LogP contribution in [0.4, 0.5) is 14.9 Å². The summed E-state index contributed by atoms with van der Waals surface area (Å²) in [6.07, 6.45) is 0. The number of nitrogens with zero attached hydrogens (tertiary/aromatic N) is 1. The normalized spacial score (nSPS) is 19.2. The summed E-state index contributed by atoms with van der Waals surface area (Å²) in [6, 6.07) is 10.2. The van der Waals surface area contributed by atoms with E-state index in [1.54, 1.807) is 6.07 Å². The topological polar surface area (TPSA) is 78.5 Å². The molecule has 7 heteroatoms. The van der Waals surface area contributed by atoms with E-state index in [0.29, 0.717) is 11.3 Å². The lowest BCUT2D eigenvalue weighted by atomic mass is 9.92. The van der Waals surface area contributed by atoms with E-state index in [9.17, 15) is 18.8 Å². The molecule has 27 heavy (non-hydrogen) atoms.